The minimum absolute atomic E-state index is 0. The molecule has 0 amide bonds. The van der Waals surface area contributed by atoms with Crippen molar-refractivity contribution in [2.24, 2.45) is 0 Å². The summed E-state index contributed by atoms with van der Waals surface area (Å²) >= 11 is 0. The smallest absolute Gasteiger partial charge is 0.418 e. The van der Waals surface area contributed by atoms with Crippen LogP contribution in [-0.2, 0) is 21.9 Å². The van der Waals surface area contributed by atoms with E-state index in [0.29, 0.717) is 23.3 Å². The van der Waals surface area contributed by atoms with Gasteiger partial charge in [-0.2, -0.15) is 20.4 Å². The van der Waals surface area contributed by atoms with Crippen LogP contribution in [0, 0.1) is 20.2 Å². The summed E-state index contributed by atoms with van der Waals surface area (Å²) in [5.74, 6) is 2.82. The molecule has 0 atom stereocenters. The van der Waals surface area contributed by atoms with Gasteiger partial charge in [0.1, 0.15) is 5.78 Å². The minimum Gasteiger partial charge on any atom is -0.418 e. The van der Waals surface area contributed by atoms with Gasteiger partial charge in [0, 0.05) is 73.8 Å². The van der Waals surface area contributed by atoms with Crippen LogP contribution in [0.25, 0.3) is 47.6 Å². The molecule has 2 aromatic carbocycles. The molecule has 17 nitrogen and oxygen atoms in total. The molecule has 8 rings (SSSR count). The Morgan fingerprint density at radius 1 is 0.478 bits per heavy atom. The summed E-state index contributed by atoms with van der Waals surface area (Å²) in [6, 6.07) is 27.7. The van der Waals surface area contributed by atoms with Crippen LogP contribution in [0.3, 0.4) is 0 Å². The van der Waals surface area contributed by atoms with E-state index in [1.165, 1.54) is 38.1 Å². The molecule has 0 saturated carbocycles. The Hall–Kier alpha value is -8.38. The molecule has 358 valence electrons. The van der Waals surface area contributed by atoms with Gasteiger partial charge in [-0.1, -0.05) is 24.3 Å². The van der Waals surface area contributed by atoms with Gasteiger partial charge in [-0.3, -0.25) is 20.2 Å². The molecule has 69 heavy (non-hydrogen) atoms. The van der Waals surface area contributed by atoms with Gasteiger partial charge in [0.25, 0.3) is 11.4 Å². The fourth-order valence-electron chi connectivity index (χ4n) is 5.12. The molecule has 0 radical (unpaired) electrons. The van der Waals surface area contributed by atoms with Crippen molar-refractivity contribution in [2.75, 3.05) is 0 Å². The first-order valence-corrected chi connectivity index (χ1v) is 19.2. The summed E-state index contributed by atoms with van der Waals surface area (Å²) in [7, 11) is -12.0. The zero-order valence-corrected chi connectivity index (χ0v) is 36.7. The van der Waals surface area contributed by atoms with Crippen LogP contribution in [0.5, 0.6) is 0 Å². The molecular weight excluding hydrogens is 970 g/mol. The number of non-ortho nitro benzene ring substituents is 2. The maximum absolute atomic E-state index is 10.8. The molecular formula is C41H34B2F8FeN12O5. The number of hydrogen-bond acceptors (Lipinski definition) is 11. The largest absolute Gasteiger partial charge is 2.00 e. The molecule has 6 heterocycles. The molecule has 28 heteroatoms. The number of ketones is 1. The predicted octanol–water partition coefficient (Wildman–Crippen LogP) is 10.3. The third kappa shape index (κ3) is 20.8. The average molecular weight is 1000 g/mol. The predicted molar refractivity (Wildman–Crippen MR) is 238 cm³/mol. The van der Waals surface area contributed by atoms with Crippen LogP contribution in [0.2, 0.25) is 0 Å². The van der Waals surface area contributed by atoms with Gasteiger partial charge in [0.15, 0.2) is 23.3 Å². The van der Waals surface area contributed by atoms with E-state index >= 15 is 0 Å². The van der Waals surface area contributed by atoms with E-state index in [1.807, 2.05) is 97.6 Å². The van der Waals surface area contributed by atoms with Crippen molar-refractivity contribution in [2.45, 2.75) is 13.8 Å². The molecule has 0 bridgehead atoms. The number of pyridine rings is 2. The molecule has 0 spiro atoms. The molecule has 8 aromatic rings. The summed E-state index contributed by atoms with van der Waals surface area (Å²) in [4.78, 5) is 39.3. The second-order valence-electron chi connectivity index (χ2n) is 13.3. The summed E-state index contributed by atoms with van der Waals surface area (Å²) in [5.41, 5.74) is 3.66. The van der Waals surface area contributed by atoms with Crippen LogP contribution in [0.4, 0.5) is 45.9 Å². The van der Waals surface area contributed by atoms with Crippen molar-refractivity contribution >= 4 is 56.0 Å². The number of nitrogens with zero attached hydrogens (tertiary/aromatic N) is 12. The third-order valence-electron chi connectivity index (χ3n) is 7.74. The zero-order chi connectivity index (χ0) is 49.9. The quantitative estimate of drug-likeness (QED) is 0.0546. The molecule has 0 aliphatic heterocycles. The Balaban J connectivity index is 0.000000284. The number of rotatable bonds is 10. The second kappa shape index (κ2) is 26.1. The van der Waals surface area contributed by atoms with E-state index < -0.39 is 24.4 Å². The van der Waals surface area contributed by atoms with Crippen molar-refractivity contribution in [1.82, 2.24) is 49.1 Å². The standard InChI is InChI=1S/2C19H14N6O2.C3H6O.2BF4.Fe/c2*26-25(27)17-7-5-15(6-8-17)3-4-16-13-18(23-11-1-9-20-23)22-19(14-16)24-12-2-10-21-24;1-3(2)4;2*2-1(3,4)5;/h2*1-14H;1-2H3;;;/q;;;2*-1;+2/b2*4-3-;;;;. The van der Waals surface area contributed by atoms with E-state index in [0.717, 1.165) is 22.3 Å². The number of nitro benzene ring substituents is 2. The molecule has 0 aliphatic carbocycles. The first-order chi connectivity index (χ1) is 32.1. The number of nitro groups is 2. The number of carbonyl (C=O) groups excluding carboxylic acids is 1. The van der Waals surface area contributed by atoms with Crippen molar-refractivity contribution in [3.63, 3.8) is 0 Å². The van der Waals surface area contributed by atoms with Gasteiger partial charge in [0.2, 0.25) is 0 Å². The number of halogens is 8. The van der Waals surface area contributed by atoms with Crippen LogP contribution in [0.1, 0.15) is 36.1 Å². The van der Waals surface area contributed by atoms with Crippen LogP contribution < -0.4 is 0 Å². The van der Waals surface area contributed by atoms with Crippen molar-refractivity contribution in [3.05, 3.63) is 189 Å². The van der Waals surface area contributed by atoms with E-state index in [1.54, 1.807) is 67.8 Å². The van der Waals surface area contributed by atoms with Crippen molar-refractivity contribution in [3.8, 4) is 23.3 Å². The summed E-state index contributed by atoms with van der Waals surface area (Å²) in [6.45, 7) is 3.06. The Kier molecular flexibility index (Phi) is 20.8. The molecule has 0 saturated heterocycles. The van der Waals surface area contributed by atoms with Crippen LogP contribution >= 0.6 is 0 Å². The minimum atomic E-state index is -6.00. The SMILES string of the molecule is CC(C)=O.F[B-](F)(F)F.F[B-](F)(F)F.O=[N+]([O-])c1ccc(/C=C\c2cc(-n3cccn3)nc(-n3cccn3)c2)cc1.O=[N+]([O-])c1ccc(/C=C\c2cc(-n3cccn3)nc(-n3cccn3)c2)cc1.[Fe+2]. The van der Waals surface area contributed by atoms with Crippen LogP contribution in [-0.4, -0.2) is 79.2 Å². The van der Waals surface area contributed by atoms with Crippen molar-refractivity contribution < 1.29 is 66.2 Å². The molecule has 0 aliphatic rings. The summed E-state index contributed by atoms with van der Waals surface area (Å²) < 4.78 is 84.7. The number of hydrogen-bond donors (Lipinski definition) is 0. The van der Waals surface area contributed by atoms with Gasteiger partial charge in [-0.25, -0.2) is 28.7 Å². The molecule has 6 aromatic heterocycles. The van der Waals surface area contributed by atoms with Gasteiger partial charge in [0.05, 0.1) is 9.85 Å². The Morgan fingerprint density at radius 3 is 0.884 bits per heavy atom. The average Bonchev–Trinajstić information content (AvgIpc) is 4.13. The fraction of sp³-hybridized carbons (Fsp3) is 0.0488. The Labute approximate surface area is 396 Å². The molecule has 0 N–H and O–H groups in total. The zero-order valence-electron chi connectivity index (χ0n) is 35.6. The number of carbonyl (C=O) groups is 1. The van der Waals surface area contributed by atoms with E-state index in [9.17, 15) is 59.5 Å². The summed E-state index contributed by atoms with van der Waals surface area (Å²) in [5, 5.41) is 38.4. The first kappa shape index (κ1) is 55.0. The molecule has 0 unspecified atom stereocenters. The maximum atomic E-state index is 10.8. The normalized spacial score (nSPS) is 10.8. The maximum Gasteiger partial charge on any atom is 2.00 e. The topological polar surface area (TPSA) is 200 Å². The first-order valence-electron chi connectivity index (χ1n) is 19.2. The Morgan fingerprint density at radius 2 is 0.696 bits per heavy atom. The number of benzene rings is 2. The Bertz CT molecular complexity index is 2580. The summed E-state index contributed by atoms with van der Waals surface area (Å²) in [6.07, 6.45) is 21.6. The van der Waals surface area contributed by atoms with Crippen molar-refractivity contribution in [1.29, 1.82) is 0 Å². The number of aromatic nitrogens is 10. The van der Waals surface area contributed by atoms with Gasteiger partial charge in [-0.05, 0) is 109 Å². The van der Waals surface area contributed by atoms with Gasteiger partial charge >= 0.3 is 31.6 Å². The van der Waals surface area contributed by atoms with Gasteiger partial charge in [-0.15, -0.1) is 0 Å². The van der Waals surface area contributed by atoms with Crippen LogP contribution in [0.15, 0.2) is 147 Å². The van der Waals surface area contributed by atoms with Gasteiger partial charge < -0.3 is 39.3 Å². The second-order valence-corrected chi connectivity index (χ2v) is 13.3. The van der Waals surface area contributed by atoms with E-state index in [2.05, 4.69) is 30.4 Å². The fourth-order valence-corrected chi connectivity index (χ4v) is 5.12. The number of Topliss-reactive ketones (excluding diaryl/α,β-unsaturated/α-hetero) is 1. The monoisotopic (exact) mass is 1000 g/mol. The molecule has 0 fully saturated rings. The van der Waals surface area contributed by atoms with E-state index in [4.69, 9.17) is 0 Å². The third-order valence-corrected chi connectivity index (χ3v) is 7.74. The van der Waals surface area contributed by atoms with E-state index in [-0.39, 0.29) is 34.2 Å².